The largest absolute Gasteiger partial charge is 0.283 e. The van der Waals surface area contributed by atoms with Gasteiger partial charge < -0.3 is 0 Å². The van der Waals surface area contributed by atoms with Gasteiger partial charge in [-0.2, -0.15) is 0 Å². The summed E-state index contributed by atoms with van der Waals surface area (Å²) in [6.07, 6.45) is 3.12. The van der Waals surface area contributed by atoms with Gasteiger partial charge in [-0.25, -0.2) is 13.4 Å². The molecule has 2 aromatic heterocycles. The number of anilines is 1. The Morgan fingerprint density at radius 3 is 2.74 bits per heavy atom. The number of nitrogens with zero attached hydrogens (tertiary/aromatic N) is 2. The molecule has 0 saturated carbocycles. The second-order valence-corrected chi connectivity index (χ2v) is 8.68. The summed E-state index contributed by atoms with van der Waals surface area (Å²) in [6.45, 7) is 0. The molecule has 6 nitrogen and oxygen atoms in total. The molecule has 0 aliphatic heterocycles. The summed E-state index contributed by atoms with van der Waals surface area (Å²) < 4.78 is 29.0. The van der Waals surface area contributed by atoms with Crippen LogP contribution < -0.4 is 4.72 Å². The third kappa shape index (κ3) is 3.46. The van der Waals surface area contributed by atoms with Gasteiger partial charge in [0.1, 0.15) is 0 Å². The van der Waals surface area contributed by atoms with Gasteiger partial charge in [0.2, 0.25) is 0 Å². The first-order valence-electron chi connectivity index (χ1n) is 7.78. The summed E-state index contributed by atoms with van der Waals surface area (Å²) in [6, 6.07) is 13.0. The summed E-state index contributed by atoms with van der Waals surface area (Å²) in [5.74, 6) is -0.296. The predicted octanol–water partition coefficient (Wildman–Crippen LogP) is 4.24. The number of nitrogens with one attached hydrogen (secondary N) is 1. The monoisotopic (exact) mass is 417 g/mol. The highest BCUT2D eigenvalue weighted by molar-refractivity contribution is 7.93. The summed E-state index contributed by atoms with van der Waals surface area (Å²) in [5.41, 5.74) is 0.899. The van der Waals surface area contributed by atoms with Crippen LogP contribution >= 0.6 is 22.9 Å². The number of benzene rings is 2. The molecule has 0 saturated heterocycles. The van der Waals surface area contributed by atoms with Crippen molar-refractivity contribution in [3.63, 3.8) is 0 Å². The van der Waals surface area contributed by atoms with E-state index >= 15 is 0 Å². The third-order valence-electron chi connectivity index (χ3n) is 3.92. The van der Waals surface area contributed by atoms with Crippen LogP contribution in [0.25, 0.3) is 10.9 Å². The Kier molecular flexibility index (Phi) is 4.47. The number of thiazole rings is 1. The molecule has 0 fully saturated rings. The lowest BCUT2D eigenvalue weighted by atomic mass is 10.2. The molecule has 0 bridgehead atoms. The highest BCUT2D eigenvalue weighted by atomic mass is 35.5. The van der Waals surface area contributed by atoms with Crippen LogP contribution in [-0.4, -0.2) is 23.9 Å². The second-order valence-electron chi connectivity index (χ2n) is 5.66. The Bertz CT molecular complexity index is 1250. The highest BCUT2D eigenvalue weighted by Gasteiger charge is 2.18. The van der Waals surface area contributed by atoms with E-state index in [1.54, 1.807) is 48.0 Å². The molecule has 4 rings (SSSR count). The van der Waals surface area contributed by atoms with Crippen molar-refractivity contribution in [3.8, 4) is 0 Å². The van der Waals surface area contributed by atoms with Gasteiger partial charge in [0.15, 0.2) is 5.13 Å². The number of sulfonamides is 1. The minimum absolute atomic E-state index is 0.0454. The van der Waals surface area contributed by atoms with Crippen LogP contribution in [0.2, 0.25) is 5.02 Å². The number of aromatic nitrogens is 2. The molecule has 9 heteroatoms. The van der Waals surface area contributed by atoms with Crippen LogP contribution in [0.1, 0.15) is 10.4 Å². The summed E-state index contributed by atoms with van der Waals surface area (Å²) in [5, 5.41) is 3.16. The van der Waals surface area contributed by atoms with E-state index in [0.29, 0.717) is 16.1 Å². The molecule has 0 atom stereocenters. The first kappa shape index (κ1) is 17.7. The molecule has 2 aromatic carbocycles. The minimum atomic E-state index is -3.81. The van der Waals surface area contributed by atoms with Gasteiger partial charge in [-0.3, -0.25) is 14.1 Å². The van der Waals surface area contributed by atoms with E-state index in [0.717, 1.165) is 5.39 Å². The first-order valence-corrected chi connectivity index (χ1v) is 10.5. The zero-order chi connectivity index (χ0) is 19.0. The van der Waals surface area contributed by atoms with Crippen molar-refractivity contribution in [2.75, 3.05) is 4.72 Å². The molecule has 27 heavy (non-hydrogen) atoms. The molecular formula is C18H12ClN3O3S2. The fourth-order valence-electron chi connectivity index (χ4n) is 2.66. The zero-order valence-electron chi connectivity index (χ0n) is 13.7. The van der Waals surface area contributed by atoms with Crippen molar-refractivity contribution in [3.05, 3.63) is 76.9 Å². The Balaban J connectivity index is 1.76. The lowest BCUT2D eigenvalue weighted by molar-refractivity contribution is 0.0965. The fourth-order valence-corrected chi connectivity index (χ4v) is 4.66. The number of carbonyl (C=O) groups is 1. The Morgan fingerprint density at radius 1 is 1.15 bits per heavy atom. The number of hydrogen-bond acceptors (Lipinski definition) is 5. The summed E-state index contributed by atoms with van der Waals surface area (Å²) in [4.78, 5) is 16.8. The molecular weight excluding hydrogens is 406 g/mol. The van der Waals surface area contributed by atoms with E-state index in [2.05, 4.69) is 9.71 Å². The molecule has 136 valence electrons. The van der Waals surface area contributed by atoms with Gasteiger partial charge >= 0.3 is 0 Å². The summed E-state index contributed by atoms with van der Waals surface area (Å²) in [7, 11) is -3.81. The molecule has 2 heterocycles. The fraction of sp³-hybridized carbons (Fsp3) is 0. The van der Waals surface area contributed by atoms with Crippen LogP contribution in [0.15, 0.2) is 71.2 Å². The normalized spacial score (nSPS) is 11.6. The quantitative estimate of drug-likeness (QED) is 0.538. The number of hydrogen-bond donors (Lipinski definition) is 1. The lowest BCUT2D eigenvalue weighted by Gasteiger charge is -2.08. The van der Waals surface area contributed by atoms with Crippen LogP contribution in [0.4, 0.5) is 5.13 Å². The van der Waals surface area contributed by atoms with Crippen LogP contribution in [-0.2, 0) is 10.0 Å². The molecule has 4 aromatic rings. The maximum absolute atomic E-state index is 12.8. The van der Waals surface area contributed by atoms with Gasteiger partial charge in [-0.1, -0.05) is 23.7 Å². The smallest absolute Gasteiger partial charge is 0.263 e. The van der Waals surface area contributed by atoms with Crippen molar-refractivity contribution in [2.45, 2.75) is 4.90 Å². The van der Waals surface area contributed by atoms with Crippen LogP contribution in [0.3, 0.4) is 0 Å². The van der Waals surface area contributed by atoms with Gasteiger partial charge in [-0.05, 0) is 36.4 Å². The second kappa shape index (κ2) is 6.80. The zero-order valence-corrected chi connectivity index (χ0v) is 16.1. The lowest BCUT2D eigenvalue weighted by Crippen LogP contribution is -2.14. The molecule has 0 amide bonds. The van der Waals surface area contributed by atoms with E-state index in [4.69, 9.17) is 11.6 Å². The number of rotatable bonds is 4. The number of carbonyl (C=O) groups excluding carboxylic acids is 1. The van der Waals surface area contributed by atoms with Gasteiger partial charge in [0.25, 0.3) is 15.9 Å². The Hall–Kier alpha value is -2.68. The van der Waals surface area contributed by atoms with E-state index in [1.807, 2.05) is 0 Å². The minimum Gasteiger partial charge on any atom is -0.283 e. The van der Waals surface area contributed by atoms with Crippen LogP contribution in [0.5, 0.6) is 0 Å². The standard InChI is InChI=1S/C18H12ClN3O3S2/c19-14-3-1-2-13(10-14)17(23)22-8-6-12-4-5-15(11-16(12)22)27(24,25)21-18-20-7-9-26-18/h1-11H,(H,20,21). The van der Waals surface area contributed by atoms with Crippen molar-refractivity contribution < 1.29 is 13.2 Å². The summed E-state index contributed by atoms with van der Waals surface area (Å²) >= 11 is 7.15. The number of halogens is 1. The molecule has 0 aliphatic rings. The van der Waals surface area contributed by atoms with Crippen molar-refractivity contribution in [1.82, 2.24) is 9.55 Å². The molecule has 1 N–H and O–H groups in total. The van der Waals surface area contributed by atoms with Crippen molar-refractivity contribution >= 4 is 54.9 Å². The maximum Gasteiger partial charge on any atom is 0.263 e. The van der Waals surface area contributed by atoms with Crippen molar-refractivity contribution in [2.24, 2.45) is 0 Å². The SMILES string of the molecule is O=C(c1cccc(Cl)c1)n1ccc2ccc(S(=O)(=O)Nc3nccs3)cc21. The predicted molar refractivity (Wildman–Crippen MR) is 106 cm³/mol. The molecule has 0 aliphatic carbocycles. The molecule has 0 radical (unpaired) electrons. The molecule has 0 unspecified atom stereocenters. The molecule has 0 spiro atoms. The van der Waals surface area contributed by atoms with Gasteiger partial charge in [0, 0.05) is 33.7 Å². The van der Waals surface area contributed by atoms with Crippen LogP contribution in [0, 0.1) is 0 Å². The topological polar surface area (TPSA) is 81.1 Å². The first-order chi connectivity index (χ1) is 12.9. The van der Waals surface area contributed by atoms with E-state index in [1.165, 1.54) is 34.2 Å². The maximum atomic E-state index is 12.8. The van der Waals surface area contributed by atoms with Gasteiger partial charge in [0.05, 0.1) is 10.4 Å². The van der Waals surface area contributed by atoms with E-state index in [-0.39, 0.29) is 15.9 Å². The van der Waals surface area contributed by atoms with E-state index in [9.17, 15) is 13.2 Å². The average molecular weight is 418 g/mol. The Morgan fingerprint density at radius 2 is 2.00 bits per heavy atom. The Labute approximate surface area is 164 Å². The number of fused-ring (bicyclic) bond motifs is 1. The third-order valence-corrected chi connectivity index (χ3v) is 6.31. The average Bonchev–Trinajstić information content (AvgIpc) is 3.29. The van der Waals surface area contributed by atoms with E-state index < -0.39 is 10.0 Å². The van der Waals surface area contributed by atoms with Crippen molar-refractivity contribution in [1.29, 1.82) is 0 Å². The highest BCUT2D eigenvalue weighted by Crippen LogP contribution is 2.24. The van der Waals surface area contributed by atoms with Gasteiger partial charge in [-0.15, -0.1) is 11.3 Å².